The van der Waals surface area contributed by atoms with Gasteiger partial charge in [-0.15, -0.1) is 0 Å². The monoisotopic (exact) mass is 571 g/mol. The van der Waals surface area contributed by atoms with Crippen LogP contribution in [0.5, 0.6) is 5.88 Å². The van der Waals surface area contributed by atoms with Gasteiger partial charge in [0.25, 0.3) is 0 Å². The molecule has 220 valence electrons. The number of carbonyl (C=O) groups excluding carboxylic acids is 2. The molecule has 2 amide bonds. The average Bonchev–Trinajstić information content (AvgIpc) is 3.56. The predicted molar refractivity (Wildman–Crippen MR) is 157 cm³/mol. The first-order valence-electron chi connectivity index (χ1n) is 14.7. The molecule has 42 heavy (non-hydrogen) atoms. The quantitative estimate of drug-likeness (QED) is 0.465. The number of aromatic nitrogens is 3. The van der Waals surface area contributed by atoms with Crippen molar-refractivity contribution in [2.75, 3.05) is 37.6 Å². The summed E-state index contributed by atoms with van der Waals surface area (Å²) < 4.78 is 14.1. The molecule has 1 unspecified atom stereocenters. The summed E-state index contributed by atoms with van der Waals surface area (Å²) in [6.07, 6.45) is 3.96. The van der Waals surface area contributed by atoms with E-state index in [0.717, 1.165) is 35.1 Å². The first kappa shape index (κ1) is 27.8. The normalized spacial score (nSPS) is 19.9. The fourth-order valence-electron chi connectivity index (χ4n) is 5.63. The van der Waals surface area contributed by atoms with E-state index in [2.05, 4.69) is 25.8 Å². The second-order valence-corrected chi connectivity index (χ2v) is 12.5. The summed E-state index contributed by atoms with van der Waals surface area (Å²) in [5.74, 6) is 0.607. The molecule has 0 bridgehead atoms. The topological polar surface area (TPSA) is 126 Å². The number of amides is 2. The molecule has 3 aromatic rings. The molecule has 2 aliphatic heterocycles. The number of piperazine rings is 1. The van der Waals surface area contributed by atoms with E-state index in [9.17, 15) is 14.9 Å². The highest BCUT2D eigenvalue weighted by Gasteiger charge is 2.32. The minimum atomic E-state index is -0.541. The van der Waals surface area contributed by atoms with Gasteiger partial charge in [0.15, 0.2) is 0 Å². The minimum Gasteiger partial charge on any atom is -0.473 e. The Bertz CT molecular complexity index is 1560. The van der Waals surface area contributed by atoms with Crippen LogP contribution < -0.4 is 15.0 Å². The average molecular weight is 572 g/mol. The molecule has 1 saturated carbocycles. The van der Waals surface area contributed by atoms with Crippen LogP contribution in [0.1, 0.15) is 58.6 Å². The van der Waals surface area contributed by atoms with Gasteiger partial charge in [-0.25, -0.2) is 14.8 Å². The van der Waals surface area contributed by atoms with Gasteiger partial charge in [-0.2, -0.15) is 5.26 Å². The van der Waals surface area contributed by atoms with E-state index in [1.165, 1.54) is 0 Å². The van der Waals surface area contributed by atoms with E-state index >= 15 is 0 Å². The van der Waals surface area contributed by atoms with Crippen LogP contribution in [0.15, 0.2) is 30.6 Å². The number of rotatable bonds is 6. The van der Waals surface area contributed by atoms with E-state index in [1.54, 1.807) is 4.90 Å². The number of hydrogen-bond donors (Lipinski definition) is 1. The number of hydrogen-bond acceptors (Lipinski definition) is 8. The van der Waals surface area contributed by atoms with Crippen molar-refractivity contribution in [1.82, 2.24) is 24.8 Å². The van der Waals surface area contributed by atoms with Gasteiger partial charge >= 0.3 is 6.09 Å². The number of anilines is 1. The Morgan fingerprint density at radius 1 is 1.17 bits per heavy atom. The maximum Gasteiger partial charge on any atom is 0.410 e. The molecule has 2 saturated heterocycles. The fourth-order valence-corrected chi connectivity index (χ4v) is 5.63. The number of carbonyl (C=O) groups is 2. The van der Waals surface area contributed by atoms with E-state index in [0.29, 0.717) is 62.3 Å². The number of nitrogens with one attached hydrogen (secondary N) is 1. The molecule has 3 aliphatic rings. The van der Waals surface area contributed by atoms with Crippen LogP contribution in [0.3, 0.4) is 0 Å². The zero-order valence-corrected chi connectivity index (χ0v) is 24.6. The number of nitrogens with zero attached hydrogens (tertiary/aromatic N) is 6. The second-order valence-electron chi connectivity index (χ2n) is 12.5. The Morgan fingerprint density at radius 3 is 2.57 bits per heavy atom. The van der Waals surface area contributed by atoms with Crippen LogP contribution in [0, 0.1) is 17.2 Å². The van der Waals surface area contributed by atoms with Gasteiger partial charge in [0, 0.05) is 56.7 Å². The van der Waals surface area contributed by atoms with Crippen LogP contribution in [-0.4, -0.2) is 75.9 Å². The molecule has 3 fully saturated rings. The Balaban J connectivity index is 1.26. The second kappa shape index (κ2) is 10.8. The van der Waals surface area contributed by atoms with E-state index in [1.807, 2.05) is 58.3 Å². The molecule has 0 spiro atoms. The zero-order chi connectivity index (χ0) is 29.6. The summed E-state index contributed by atoms with van der Waals surface area (Å²) in [4.78, 5) is 37.8. The van der Waals surface area contributed by atoms with Gasteiger partial charge in [-0.05, 0) is 58.7 Å². The van der Waals surface area contributed by atoms with Crippen molar-refractivity contribution in [3.63, 3.8) is 0 Å². The maximum atomic E-state index is 12.5. The van der Waals surface area contributed by atoms with Gasteiger partial charge in [0.1, 0.15) is 23.3 Å². The van der Waals surface area contributed by atoms with E-state index in [-0.39, 0.29) is 24.0 Å². The summed E-state index contributed by atoms with van der Waals surface area (Å²) in [5.41, 5.74) is 3.94. The van der Waals surface area contributed by atoms with Crippen LogP contribution in [0.2, 0.25) is 0 Å². The van der Waals surface area contributed by atoms with Crippen LogP contribution in [0.25, 0.3) is 22.3 Å². The van der Waals surface area contributed by atoms with Crippen molar-refractivity contribution in [3.8, 4) is 23.2 Å². The van der Waals surface area contributed by atoms with Gasteiger partial charge in [0.2, 0.25) is 11.8 Å². The van der Waals surface area contributed by atoms with E-state index in [4.69, 9.17) is 14.5 Å². The highest BCUT2D eigenvalue weighted by Crippen LogP contribution is 2.41. The van der Waals surface area contributed by atoms with Crippen molar-refractivity contribution in [2.45, 2.75) is 64.7 Å². The number of imidazole rings is 1. The van der Waals surface area contributed by atoms with Crippen molar-refractivity contribution >= 4 is 28.7 Å². The van der Waals surface area contributed by atoms with Crippen molar-refractivity contribution in [1.29, 1.82) is 5.26 Å². The highest BCUT2D eigenvalue weighted by molar-refractivity contribution is 5.85. The lowest BCUT2D eigenvalue weighted by Crippen LogP contribution is -2.50. The van der Waals surface area contributed by atoms with Crippen LogP contribution in [-0.2, 0) is 9.53 Å². The van der Waals surface area contributed by atoms with E-state index < -0.39 is 5.60 Å². The number of nitriles is 1. The van der Waals surface area contributed by atoms with Gasteiger partial charge in [-0.3, -0.25) is 4.79 Å². The Hall–Kier alpha value is -4.33. The molecule has 11 nitrogen and oxygen atoms in total. The molecule has 4 heterocycles. The van der Waals surface area contributed by atoms with Crippen LogP contribution >= 0.6 is 0 Å². The third kappa shape index (κ3) is 5.71. The maximum absolute atomic E-state index is 12.5. The van der Waals surface area contributed by atoms with Crippen molar-refractivity contribution < 1.29 is 19.1 Å². The SMILES string of the molecule is C[C@@H](Oc1nc(-c2ccc(N3CCN(C(=O)OC(C)(C)C)CC3)c(C#N)c2)cc2ncn(C3CC3)c12)C1CNC(=O)C1. The molecule has 2 atom stereocenters. The number of fused-ring (bicyclic) bond motifs is 1. The number of pyridine rings is 1. The Labute approximate surface area is 245 Å². The molecule has 1 aromatic carbocycles. The zero-order valence-electron chi connectivity index (χ0n) is 24.6. The lowest BCUT2D eigenvalue weighted by molar-refractivity contribution is -0.119. The first-order valence-corrected chi connectivity index (χ1v) is 14.7. The summed E-state index contributed by atoms with van der Waals surface area (Å²) in [7, 11) is 0. The van der Waals surface area contributed by atoms with Gasteiger partial charge in [0.05, 0.1) is 28.8 Å². The summed E-state index contributed by atoms with van der Waals surface area (Å²) >= 11 is 0. The van der Waals surface area contributed by atoms with Gasteiger partial charge in [-0.1, -0.05) is 6.07 Å². The predicted octanol–water partition coefficient (Wildman–Crippen LogP) is 4.27. The largest absolute Gasteiger partial charge is 0.473 e. The molecule has 2 aromatic heterocycles. The molecule has 6 rings (SSSR count). The molecule has 0 radical (unpaired) electrons. The summed E-state index contributed by atoms with van der Waals surface area (Å²) in [5, 5.41) is 13.0. The van der Waals surface area contributed by atoms with Crippen LogP contribution in [0.4, 0.5) is 10.5 Å². The summed E-state index contributed by atoms with van der Waals surface area (Å²) in [6, 6.07) is 10.5. The van der Waals surface area contributed by atoms with Gasteiger partial charge < -0.3 is 29.2 Å². The molecule has 11 heteroatoms. The lowest BCUT2D eigenvalue weighted by atomic mass is 10.0. The summed E-state index contributed by atoms with van der Waals surface area (Å²) in [6.45, 7) is 10.4. The molecule has 1 N–H and O–H groups in total. The molecular formula is C31H37N7O4. The number of benzene rings is 1. The highest BCUT2D eigenvalue weighted by atomic mass is 16.6. The molecular weight excluding hydrogens is 534 g/mol. The fraction of sp³-hybridized carbons (Fsp3) is 0.516. The third-order valence-electron chi connectivity index (χ3n) is 8.12. The Morgan fingerprint density at radius 2 is 1.93 bits per heavy atom. The smallest absolute Gasteiger partial charge is 0.410 e. The Kier molecular flexibility index (Phi) is 7.17. The molecule has 1 aliphatic carbocycles. The van der Waals surface area contributed by atoms with Crippen molar-refractivity contribution in [2.24, 2.45) is 5.92 Å². The third-order valence-corrected chi connectivity index (χ3v) is 8.12. The lowest BCUT2D eigenvalue weighted by Gasteiger charge is -2.37. The number of ether oxygens (including phenoxy) is 2. The van der Waals surface area contributed by atoms with Crippen molar-refractivity contribution in [3.05, 3.63) is 36.2 Å². The standard InChI is InChI=1S/C31H37N7O4/c1-19(22-14-27(39)33-17-22)41-29-28-25(34-18-38(28)23-6-7-23)15-24(35-29)20-5-8-26(21(13-20)16-32)36-9-11-37(12-10-36)30(40)42-31(2,3)4/h5,8,13,15,18-19,22-23H,6-7,9-12,14,17H2,1-4H3,(H,33,39)/t19-,22?/m1/s1. The first-order chi connectivity index (χ1) is 20.1. The minimum absolute atomic E-state index is 0.0423.